The van der Waals surface area contributed by atoms with E-state index in [4.69, 9.17) is 5.73 Å². The predicted octanol–water partition coefficient (Wildman–Crippen LogP) is -4.14. The van der Waals surface area contributed by atoms with E-state index < -0.39 is 0 Å². The number of hydrogen-bond acceptors (Lipinski definition) is 2. The third-order valence-electron chi connectivity index (χ3n) is 1.00. The van der Waals surface area contributed by atoms with Gasteiger partial charge in [0.25, 0.3) is 12.2 Å². The predicted molar refractivity (Wildman–Crippen MR) is 33.6 cm³/mol. The fourth-order valence-electron chi connectivity index (χ4n) is 0.635. The topological polar surface area (TPSA) is 59.9 Å². The first kappa shape index (κ1) is 9.84. The summed E-state index contributed by atoms with van der Waals surface area (Å²) in [6.45, 7) is 0.188. The van der Waals surface area contributed by atoms with E-state index in [1.165, 1.54) is 0 Å². The standard InChI is InChI=1S/C6H7N3O.ClH/c7-6(10)4-9-3-1-2-8-5-9;/h1-3,5H,4H2,(H-,7,10);1H. The Balaban J connectivity index is 0.000001000. The quantitative estimate of drug-likeness (QED) is 0.462. The molecule has 0 saturated carbocycles. The Morgan fingerprint density at radius 1 is 1.64 bits per heavy atom. The zero-order chi connectivity index (χ0) is 7.40. The number of carbonyl (C=O) groups excluding carboxylic acids is 1. The molecule has 60 valence electrons. The van der Waals surface area contributed by atoms with Crippen molar-refractivity contribution < 1.29 is 21.8 Å². The van der Waals surface area contributed by atoms with Gasteiger partial charge in [-0.1, -0.05) is 4.98 Å². The molecule has 0 saturated heterocycles. The lowest BCUT2D eigenvalue weighted by molar-refractivity contribution is -0.687. The van der Waals surface area contributed by atoms with Gasteiger partial charge in [0.2, 0.25) is 0 Å². The molecule has 0 aliphatic rings. The van der Waals surface area contributed by atoms with Crippen molar-refractivity contribution >= 4 is 5.91 Å². The molecule has 0 unspecified atom stereocenters. The number of nitrogens with two attached hydrogens (primary N) is 1. The number of aromatic nitrogens is 2. The molecule has 0 aliphatic heterocycles. The summed E-state index contributed by atoms with van der Waals surface area (Å²) in [5.74, 6) is -0.363. The summed E-state index contributed by atoms with van der Waals surface area (Å²) in [5.41, 5.74) is 4.94. The lowest BCUT2D eigenvalue weighted by Crippen LogP contribution is -3.00. The van der Waals surface area contributed by atoms with Crippen molar-refractivity contribution in [3.8, 4) is 0 Å². The van der Waals surface area contributed by atoms with Gasteiger partial charge in [-0.2, -0.15) is 0 Å². The number of hydrogen-bond donors (Lipinski definition) is 1. The van der Waals surface area contributed by atoms with Gasteiger partial charge in [-0.15, -0.1) is 0 Å². The molecular weight excluding hydrogens is 166 g/mol. The number of primary amides is 1. The van der Waals surface area contributed by atoms with E-state index in [-0.39, 0.29) is 24.9 Å². The first-order chi connectivity index (χ1) is 4.79. The smallest absolute Gasteiger partial charge is 0.286 e. The average Bonchev–Trinajstić information content (AvgIpc) is 1.88. The van der Waals surface area contributed by atoms with Gasteiger partial charge in [-0.05, 0) is 0 Å². The Kier molecular flexibility index (Phi) is 4.14. The van der Waals surface area contributed by atoms with Crippen molar-refractivity contribution in [1.29, 1.82) is 0 Å². The maximum Gasteiger partial charge on any atom is 0.286 e. The van der Waals surface area contributed by atoms with Gasteiger partial charge in [-0.25, -0.2) is 4.57 Å². The molecule has 11 heavy (non-hydrogen) atoms. The van der Waals surface area contributed by atoms with Crippen LogP contribution >= 0.6 is 0 Å². The Bertz CT molecular complexity index is 227. The van der Waals surface area contributed by atoms with Crippen molar-refractivity contribution in [2.24, 2.45) is 5.73 Å². The highest BCUT2D eigenvalue weighted by Gasteiger charge is 1.98. The molecule has 4 nitrogen and oxygen atoms in total. The van der Waals surface area contributed by atoms with Crippen LogP contribution in [-0.2, 0) is 11.3 Å². The second-order valence-electron chi connectivity index (χ2n) is 1.89. The lowest BCUT2D eigenvalue weighted by atomic mass is 10.5. The van der Waals surface area contributed by atoms with Gasteiger partial charge in [0.15, 0.2) is 6.54 Å². The highest BCUT2D eigenvalue weighted by Crippen LogP contribution is 1.69. The molecular formula is C6H8ClN3O. The summed E-state index contributed by atoms with van der Waals surface area (Å²) < 4.78 is 1.61. The van der Waals surface area contributed by atoms with Crippen molar-refractivity contribution in [3.05, 3.63) is 24.8 Å². The van der Waals surface area contributed by atoms with Gasteiger partial charge >= 0.3 is 0 Å². The van der Waals surface area contributed by atoms with Gasteiger partial charge in [0.1, 0.15) is 6.20 Å². The molecule has 0 aromatic carbocycles. The zero-order valence-corrected chi connectivity index (χ0v) is 6.53. The van der Waals surface area contributed by atoms with E-state index in [1.807, 2.05) is 0 Å². The first-order valence-corrected chi connectivity index (χ1v) is 2.86. The minimum Gasteiger partial charge on any atom is -1.00 e. The second-order valence-corrected chi connectivity index (χ2v) is 1.89. The van der Waals surface area contributed by atoms with Crippen molar-refractivity contribution in [1.82, 2.24) is 4.98 Å². The SMILES string of the molecule is NC(=O)C[n+]1cccnc1.[Cl-]. The molecule has 1 heterocycles. The third-order valence-corrected chi connectivity index (χ3v) is 1.00. The third kappa shape index (κ3) is 3.52. The van der Waals surface area contributed by atoms with E-state index in [0.717, 1.165) is 0 Å². The molecule has 1 rings (SSSR count). The van der Waals surface area contributed by atoms with Gasteiger partial charge in [0, 0.05) is 6.07 Å². The minimum atomic E-state index is -0.363. The highest BCUT2D eigenvalue weighted by atomic mass is 35.5. The molecule has 1 aromatic heterocycles. The summed E-state index contributed by atoms with van der Waals surface area (Å²) in [7, 11) is 0. The van der Waals surface area contributed by atoms with Crippen molar-refractivity contribution in [3.63, 3.8) is 0 Å². The second kappa shape index (κ2) is 4.62. The fraction of sp³-hybridized carbons (Fsp3) is 0.167. The van der Waals surface area contributed by atoms with Crippen molar-refractivity contribution in [2.75, 3.05) is 0 Å². The van der Waals surface area contributed by atoms with Crippen LogP contribution in [0.3, 0.4) is 0 Å². The number of rotatable bonds is 2. The molecule has 0 spiro atoms. The van der Waals surface area contributed by atoms with E-state index in [0.29, 0.717) is 0 Å². The number of amides is 1. The molecule has 1 aromatic rings. The maximum absolute atomic E-state index is 10.3. The van der Waals surface area contributed by atoms with Crippen LogP contribution in [0, 0.1) is 0 Å². The molecule has 5 heteroatoms. The van der Waals surface area contributed by atoms with E-state index in [2.05, 4.69) is 4.98 Å². The number of carbonyl (C=O) groups is 1. The molecule has 1 amide bonds. The number of nitrogens with zero attached hydrogens (tertiary/aromatic N) is 2. The monoisotopic (exact) mass is 173 g/mol. The van der Waals surface area contributed by atoms with Crippen LogP contribution in [0.15, 0.2) is 24.8 Å². The van der Waals surface area contributed by atoms with Gasteiger partial charge in [-0.3, -0.25) is 4.79 Å². The summed E-state index contributed by atoms with van der Waals surface area (Å²) in [5, 5.41) is 0. The Morgan fingerprint density at radius 2 is 2.36 bits per heavy atom. The Hall–Kier alpha value is -1.16. The summed E-state index contributed by atoms with van der Waals surface area (Å²) >= 11 is 0. The maximum atomic E-state index is 10.3. The molecule has 0 atom stereocenters. The van der Waals surface area contributed by atoms with E-state index in [1.54, 1.807) is 29.4 Å². The Labute approximate surface area is 70.5 Å². The van der Waals surface area contributed by atoms with E-state index in [9.17, 15) is 4.79 Å². The first-order valence-electron chi connectivity index (χ1n) is 2.86. The summed E-state index contributed by atoms with van der Waals surface area (Å²) in [6, 6.07) is 1.74. The van der Waals surface area contributed by atoms with Crippen LogP contribution in [-0.4, -0.2) is 10.9 Å². The van der Waals surface area contributed by atoms with Gasteiger partial charge in [0.05, 0.1) is 6.20 Å². The molecule has 0 bridgehead atoms. The zero-order valence-electron chi connectivity index (χ0n) is 5.77. The average molecular weight is 174 g/mol. The van der Waals surface area contributed by atoms with E-state index >= 15 is 0 Å². The Morgan fingerprint density at radius 3 is 2.82 bits per heavy atom. The largest absolute Gasteiger partial charge is 1.00 e. The summed E-state index contributed by atoms with van der Waals surface area (Å²) in [4.78, 5) is 14.1. The van der Waals surface area contributed by atoms with Gasteiger partial charge < -0.3 is 18.1 Å². The van der Waals surface area contributed by atoms with Crippen molar-refractivity contribution in [2.45, 2.75) is 6.54 Å². The van der Waals surface area contributed by atoms with Crippen LogP contribution in [0.1, 0.15) is 0 Å². The van der Waals surface area contributed by atoms with Crippen LogP contribution in [0.4, 0.5) is 0 Å². The summed E-state index contributed by atoms with van der Waals surface area (Å²) in [6.07, 6.45) is 4.92. The molecule has 0 radical (unpaired) electrons. The normalized spacial score (nSPS) is 8.36. The minimum absolute atomic E-state index is 0. The molecule has 0 fully saturated rings. The number of halogens is 1. The molecule has 0 aliphatic carbocycles. The van der Waals surface area contributed by atoms with Crippen LogP contribution < -0.4 is 22.7 Å². The highest BCUT2D eigenvalue weighted by molar-refractivity contribution is 5.71. The lowest BCUT2D eigenvalue weighted by Gasteiger charge is -1.90. The van der Waals surface area contributed by atoms with Crippen LogP contribution in [0.25, 0.3) is 0 Å². The van der Waals surface area contributed by atoms with Crippen LogP contribution in [0.5, 0.6) is 0 Å². The molecule has 2 N–H and O–H groups in total. The van der Waals surface area contributed by atoms with Crippen LogP contribution in [0.2, 0.25) is 0 Å². The fourth-order valence-corrected chi connectivity index (χ4v) is 0.635.